The summed E-state index contributed by atoms with van der Waals surface area (Å²) in [5, 5.41) is 0. The highest BCUT2D eigenvalue weighted by molar-refractivity contribution is 4.52. The highest BCUT2D eigenvalue weighted by Gasteiger charge is 2.10. The molecule has 23 heavy (non-hydrogen) atoms. The van der Waals surface area contributed by atoms with E-state index in [0.29, 0.717) is 0 Å². The maximum atomic E-state index is 6.00. The Kier molecular flexibility index (Phi) is 18.2. The molecule has 140 valence electrons. The van der Waals surface area contributed by atoms with Crippen LogP contribution in [0.4, 0.5) is 0 Å². The third kappa shape index (κ3) is 18.1. The average Bonchev–Trinajstić information content (AvgIpc) is 2.53. The van der Waals surface area contributed by atoms with Crippen molar-refractivity contribution in [2.75, 3.05) is 13.2 Å². The van der Waals surface area contributed by atoms with Crippen LogP contribution in [0.1, 0.15) is 111 Å². The number of unbranched alkanes of at least 4 members (excludes halogenated alkanes) is 9. The third-order valence-electron chi connectivity index (χ3n) is 4.33. The summed E-state index contributed by atoms with van der Waals surface area (Å²) in [6, 6.07) is 0. The van der Waals surface area contributed by atoms with Gasteiger partial charge in [-0.05, 0) is 31.6 Å². The number of ether oxygens (including phenoxy) is 2. The Labute approximate surface area is 146 Å². The van der Waals surface area contributed by atoms with E-state index in [1.807, 2.05) is 0 Å². The van der Waals surface area contributed by atoms with Crippen LogP contribution in [0.3, 0.4) is 0 Å². The van der Waals surface area contributed by atoms with Gasteiger partial charge in [0.2, 0.25) is 0 Å². The molecule has 0 saturated heterocycles. The van der Waals surface area contributed by atoms with Crippen LogP contribution in [0.2, 0.25) is 0 Å². The van der Waals surface area contributed by atoms with Crippen molar-refractivity contribution in [2.45, 2.75) is 117 Å². The van der Waals surface area contributed by atoms with Gasteiger partial charge in [-0.25, -0.2) is 0 Å². The zero-order valence-corrected chi connectivity index (χ0v) is 16.6. The Morgan fingerprint density at radius 2 is 1.00 bits per heavy atom. The summed E-state index contributed by atoms with van der Waals surface area (Å²) in [5.74, 6) is 0.725. The molecular formula is C21H44O2. The highest BCUT2D eigenvalue weighted by atomic mass is 16.7. The summed E-state index contributed by atoms with van der Waals surface area (Å²) in [5.41, 5.74) is 0. The highest BCUT2D eigenvalue weighted by Crippen LogP contribution is 2.13. The van der Waals surface area contributed by atoms with Crippen molar-refractivity contribution in [1.82, 2.24) is 0 Å². The molecule has 0 heterocycles. The van der Waals surface area contributed by atoms with Gasteiger partial charge in [0.05, 0.1) is 0 Å². The van der Waals surface area contributed by atoms with Crippen molar-refractivity contribution < 1.29 is 9.47 Å². The van der Waals surface area contributed by atoms with Gasteiger partial charge in [-0.15, -0.1) is 0 Å². The number of hydrogen-bond acceptors (Lipinski definition) is 2. The van der Waals surface area contributed by atoms with Crippen LogP contribution in [0.25, 0.3) is 0 Å². The van der Waals surface area contributed by atoms with Crippen molar-refractivity contribution in [3.63, 3.8) is 0 Å². The lowest BCUT2D eigenvalue weighted by atomic mass is 10.1. The standard InChI is InChI=1S/C21H44O2/c1-5-7-9-11-13-15-19-23-21(17-16-20(3)4)22-18-14-12-10-8-6-2/h20-21H,5-19H2,1-4H3. The van der Waals surface area contributed by atoms with Gasteiger partial charge >= 0.3 is 0 Å². The molecule has 0 radical (unpaired) electrons. The van der Waals surface area contributed by atoms with Gasteiger partial charge in [-0.3, -0.25) is 0 Å². The lowest BCUT2D eigenvalue weighted by Gasteiger charge is -2.19. The van der Waals surface area contributed by atoms with E-state index >= 15 is 0 Å². The van der Waals surface area contributed by atoms with Crippen LogP contribution in [0.5, 0.6) is 0 Å². The molecule has 2 nitrogen and oxygen atoms in total. The van der Waals surface area contributed by atoms with Crippen LogP contribution in [-0.2, 0) is 9.47 Å². The number of rotatable bonds is 18. The first kappa shape index (κ1) is 22.9. The summed E-state index contributed by atoms with van der Waals surface area (Å²) in [7, 11) is 0. The van der Waals surface area contributed by atoms with E-state index < -0.39 is 0 Å². The van der Waals surface area contributed by atoms with Crippen LogP contribution < -0.4 is 0 Å². The van der Waals surface area contributed by atoms with Crippen molar-refractivity contribution in [3.8, 4) is 0 Å². The van der Waals surface area contributed by atoms with Gasteiger partial charge in [0.25, 0.3) is 0 Å². The quantitative estimate of drug-likeness (QED) is 0.197. The molecule has 1 atom stereocenters. The summed E-state index contributed by atoms with van der Waals surface area (Å²) in [6.07, 6.45) is 16.6. The Hall–Kier alpha value is -0.0800. The zero-order chi connectivity index (χ0) is 17.2. The minimum absolute atomic E-state index is 0.0271. The van der Waals surface area contributed by atoms with Gasteiger partial charge in [0.1, 0.15) is 0 Å². The van der Waals surface area contributed by atoms with E-state index in [1.165, 1.54) is 77.0 Å². The van der Waals surface area contributed by atoms with E-state index in [1.54, 1.807) is 0 Å². The lowest BCUT2D eigenvalue weighted by molar-refractivity contribution is -0.148. The summed E-state index contributed by atoms with van der Waals surface area (Å²) in [4.78, 5) is 0. The van der Waals surface area contributed by atoms with Crippen molar-refractivity contribution in [2.24, 2.45) is 5.92 Å². The van der Waals surface area contributed by atoms with E-state index in [-0.39, 0.29) is 6.29 Å². The van der Waals surface area contributed by atoms with E-state index in [9.17, 15) is 0 Å². The fraction of sp³-hybridized carbons (Fsp3) is 1.00. The van der Waals surface area contributed by atoms with Gasteiger partial charge in [-0.1, -0.05) is 85.5 Å². The molecule has 0 aliphatic rings. The van der Waals surface area contributed by atoms with Crippen molar-refractivity contribution in [1.29, 1.82) is 0 Å². The SMILES string of the molecule is CCCCCCCCOC(CCC(C)C)OCCCCCCC. The second-order valence-electron chi connectivity index (χ2n) is 7.32. The second-order valence-corrected chi connectivity index (χ2v) is 7.32. The van der Waals surface area contributed by atoms with E-state index in [0.717, 1.165) is 25.6 Å². The zero-order valence-electron chi connectivity index (χ0n) is 16.6. The van der Waals surface area contributed by atoms with Gasteiger partial charge in [0.15, 0.2) is 6.29 Å². The third-order valence-corrected chi connectivity index (χ3v) is 4.33. The average molecular weight is 329 g/mol. The maximum absolute atomic E-state index is 6.00. The number of hydrogen-bond donors (Lipinski definition) is 0. The van der Waals surface area contributed by atoms with Gasteiger partial charge < -0.3 is 9.47 Å². The molecule has 0 aliphatic heterocycles. The molecule has 0 aromatic carbocycles. The fourth-order valence-corrected chi connectivity index (χ4v) is 2.70. The predicted octanol–water partition coefficient (Wildman–Crippen LogP) is 7.11. The fourth-order valence-electron chi connectivity index (χ4n) is 2.70. The predicted molar refractivity (Wildman–Crippen MR) is 102 cm³/mol. The second kappa shape index (κ2) is 18.3. The van der Waals surface area contributed by atoms with E-state index in [2.05, 4.69) is 27.7 Å². The summed E-state index contributed by atoms with van der Waals surface area (Å²) in [6.45, 7) is 10.8. The van der Waals surface area contributed by atoms with Crippen molar-refractivity contribution in [3.05, 3.63) is 0 Å². The Morgan fingerprint density at radius 3 is 1.43 bits per heavy atom. The normalized spacial score (nSPS) is 12.9. The molecule has 1 unspecified atom stereocenters. The Balaban J connectivity index is 3.69. The minimum Gasteiger partial charge on any atom is -0.353 e. The molecule has 2 heteroatoms. The van der Waals surface area contributed by atoms with E-state index in [4.69, 9.17) is 9.47 Å². The molecule has 0 saturated carbocycles. The molecule has 0 bridgehead atoms. The maximum Gasteiger partial charge on any atom is 0.157 e. The van der Waals surface area contributed by atoms with Gasteiger partial charge in [-0.2, -0.15) is 0 Å². The molecule has 0 N–H and O–H groups in total. The molecule has 0 aromatic heterocycles. The monoisotopic (exact) mass is 328 g/mol. The summed E-state index contributed by atoms with van der Waals surface area (Å²) < 4.78 is 12.0. The largest absolute Gasteiger partial charge is 0.353 e. The topological polar surface area (TPSA) is 18.5 Å². The molecule has 0 spiro atoms. The molecule has 0 rings (SSSR count). The van der Waals surface area contributed by atoms with Crippen LogP contribution in [-0.4, -0.2) is 19.5 Å². The Bertz CT molecular complexity index is 216. The molecule has 0 aromatic rings. The smallest absolute Gasteiger partial charge is 0.157 e. The first-order chi connectivity index (χ1) is 11.2. The first-order valence-electron chi connectivity index (χ1n) is 10.4. The molecule has 0 fully saturated rings. The molecule has 0 amide bonds. The Morgan fingerprint density at radius 1 is 0.565 bits per heavy atom. The lowest BCUT2D eigenvalue weighted by Crippen LogP contribution is -2.19. The van der Waals surface area contributed by atoms with Crippen LogP contribution in [0, 0.1) is 5.92 Å². The van der Waals surface area contributed by atoms with Crippen LogP contribution in [0.15, 0.2) is 0 Å². The summed E-state index contributed by atoms with van der Waals surface area (Å²) >= 11 is 0. The van der Waals surface area contributed by atoms with Crippen LogP contribution >= 0.6 is 0 Å². The van der Waals surface area contributed by atoms with Crippen molar-refractivity contribution >= 4 is 0 Å². The molecular weight excluding hydrogens is 284 g/mol. The minimum atomic E-state index is 0.0271. The van der Waals surface area contributed by atoms with Gasteiger partial charge in [0, 0.05) is 13.2 Å². The molecule has 0 aliphatic carbocycles. The first-order valence-corrected chi connectivity index (χ1v) is 10.4.